The van der Waals surface area contributed by atoms with Gasteiger partial charge >= 0.3 is 0 Å². The highest BCUT2D eigenvalue weighted by molar-refractivity contribution is 6.37. The van der Waals surface area contributed by atoms with Gasteiger partial charge in [-0.05, 0) is 41.8 Å². The van der Waals surface area contributed by atoms with Crippen LogP contribution in [-0.2, 0) is 13.5 Å². The van der Waals surface area contributed by atoms with Gasteiger partial charge in [0.05, 0.1) is 34.9 Å². The number of halogens is 2. The average molecular weight is 429 g/mol. The van der Waals surface area contributed by atoms with Crippen molar-refractivity contribution in [3.8, 4) is 11.4 Å². The van der Waals surface area contributed by atoms with Crippen LogP contribution >= 0.6 is 23.2 Å². The molecule has 0 saturated carbocycles. The summed E-state index contributed by atoms with van der Waals surface area (Å²) in [5.74, 6) is 0.574. The van der Waals surface area contributed by atoms with Crippen molar-refractivity contribution < 1.29 is 4.74 Å². The Kier molecular flexibility index (Phi) is 5.06. The average Bonchev–Trinajstić information content (AvgIpc) is 3.14. The van der Waals surface area contributed by atoms with Crippen LogP contribution in [0.4, 0.5) is 0 Å². The third-order valence-corrected chi connectivity index (χ3v) is 5.77. The van der Waals surface area contributed by atoms with Crippen molar-refractivity contribution in [2.45, 2.75) is 13.3 Å². The van der Waals surface area contributed by atoms with Crippen LogP contribution in [-0.4, -0.2) is 26.4 Å². The van der Waals surface area contributed by atoms with Crippen molar-refractivity contribution in [3.05, 3.63) is 80.1 Å². The van der Waals surface area contributed by atoms with Crippen molar-refractivity contribution in [2.75, 3.05) is 7.11 Å². The minimum atomic E-state index is -0.163. The molecule has 2 aromatic heterocycles. The van der Waals surface area contributed by atoms with E-state index in [4.69, 9.17) is 27.9 Å². The number of benzene rings is 2. The van der Waals surface area contributed by atoms with Gasteiger partial charge in [0.15, 0.2) is 0 Å². The maximum absolute atomic E-state index is 13.0. The first kappa shape index (κ1) is 19.5. The Morgan fingerprint density at radius 3 is 2.66 bits per heavy atom. The van der Waals surface area contributed by atoms with Gasteiger partial charge in [-0.1, -0.05) is 29.3 Å². The number of rotatable bonds is 4. The molecule has 4 aromatic rings. The summed E-state index contributed by atoms with van der Waals surface area (Å²) in [7, 11) is 3.37. The molecule has 0 amide bonds. The molecule has 2 heterocycles. The SMILES string of the molecule is COc1cc(C)c(Cl)c(Cc2ccc3ncn(-c4cnn(C)c4)c(=O)c3c2)c1Cl. The summed E-state index contributed by atoms with van der Waals surface area (Å²) in [5, 5.41) is 5.70. The molecular formula is C21H18Cl2N4O2. The minimum absolute atomic E-state index is 0.163. The molecule has 0 saturated heterocycles. The number of fused-ring (bicyclic) bond motifs is 1. The lowest BCUT2D eigenvalue weighted by atomic mass is 10.0. The molecule has 29 heavy (non-hydrogen) atoms. The van der Waals surface area contributed by atoms with E-state index in [1.807, 2.05) is 31.2 Å². The lowest BCUT2D eigenvalue weighted by Crippen LogP contribution is -2.18. The fourth-order valence-electron chi connectivity index (χ4n) is 3.31. The topological polar surface area (TPSA) is 61.9 Å². The van der Waals surface area contributed by atoms with Crippen LogP contribution in [0, 0.1) is 6.92 Å². The maximum Gasteiger partial charge on any atom is 0.265 e. The molecule has 0 aliphatic carbocycles. The first-order valence-corrected chi connectivity index (χ1v) is 9.65. The second kappa shape index (κ2) is 7.54. The zero-order chi connectivity index (χ0) is 20.7. The van der Waals surface area contributed by atoms with Crippen LogP contribution in [0.1, 0.15) is 16.7 Å². The molecule has 0 aliphatic heterocycles. The van der Waals surface area contributed by atoms with E-state index < -0.39 is 0 Å². The Labute approximate surface area is 177 Å². The van der Waals surface area contributed by atoms with Crippen LogP contribution in [0.2, 0.25) is 10.0 Å². The van der Waals surface area contributed by atoms with E-state index in [9.17, 15) is 4.79 Å². The lowest BCUT2D eigenvalue weighted by molar-refractivity contribution is 0.414. The molecule has 4 rings (SSSR count). The number of aromatic nitrogens is 4. The monoisotopic (exact) mass is 428 g/mol. The van der Waals surface area contributed by atoms with Crippen molar-refractivity contribution >= 4 is 34.1 Å². The van der Waals surface area contributed by atoms with Crippen molar-refractivity contribution in [2.24, 2.45) is 7.05 Å². The summed E-state index contributed by atoms with van der Waals surface area (Å²) in [4.78, 5) is 17.5. The third kappa shape index (κ3) is 3.50. The summed E-state index contributed by atoms with van der Waals surface area (Å²) in [6.45, 7) is 1.90. The Morgan fingerprint density at radius 2 is 1.97 bits per heavy atom. The molecule has 8 heteroatoms. The van der Waals surface area contributed by atoms with Crippen LogP contribution < -0.4 is 10.3 Å². The van der Waals surface area contributed by atoms with Crippen molar-refractivity contribution in [1.82, 2.24) is 19.3 Å². The Hall–Kier alpha value is -2.83. The normalized spacial score (nSPS) is 11.2. The fourth-order valence-corrected chi connectivity index (χ4v) is 3.87. The summed E-state index contributed by atoms with van der Waals surface area (Å²) in [6.07, 6.45) is 5.36. The Balaban J connectivity index is 1.82. The number of nitrogens with zero attached hydrogens (tertiary/aromatic N) is 4. The van der Waals surface area contributed by atoms with Crippen molar-refractivity contribution in [3.63, 3.8) is 0 Å². The molecule has 148 valence electrons. The number of aryl methyl sites for hydroxylation is 2. The fraction of sp³-hybridized carbons (Fsp3) is 0.190. The van der Waals surface area contributed by atoms with E-state index >= 15 is 0 Å². The highest BCUT2D eigenvalue weighted by Crippen LogP contribution is 2.37. The van der Waals surface area contributed by atoms with E-state index in [0.717, 1.165) is 16.7 Å². The van der Waals surface area contributed by atoms with Gasteiger partial charge in [-0.3, -0.25) is 14.0 Å². The quantitative estimate of drug-likeness (QED) is 0.485. The third-order valence-electron chi connectivity index (χ3n) is 4.83. The minimum Gasteiger partial charge on any atom is -0.495 e. The molecular weight excluding hydrogens is 411 g/mol. The van der Waals surface area contributed by atoms with Gasteiger partial charge in [-0.2, -0.15) is 5.10 Å². The van der Waals surface area contributed by atoms with E-state index in [-0.39, 0.29) is 5.56 Å². The number of hydrogen-bond acceptors (Lipinski definition) is 4. The summed E-state index contributed by atoms with van der Waals surface area (Å²) in [6, 6.07) is 7.39. The summed E-state index contributed by atoms with van der Waals surface area (Å²) < 4.78 is 8.47. The Morgan fingerprint density at radius 1 is 1.17 bits per heavy atom. The largest absolute Gasteiger partial charge is 0.495 e. The van der Waals surface area contributed by atoms with Gasteiger partial charge in [-0.15, -0.1) is 0 Å². The van der Waals surface area contributed by atoms with Gasteiger partial charge in [-0.25, -0.2) is 4.98 Å². The molecule has 0 aliphatic rings. The van der Waals surface area contributed by atoms with E-state index in [0.29, 0.717) is 38.8 Å². The zero-order valence-corrected chi connectivity index (χ0v) is 17.6. The standard InChI is InChI=1S/C21H18Cl2N4O2/c1-12-6-18(29-3)20(23)16(19(12)22)8-13-4-5-17-15(7-13)21(28)27(11-24-17)14-9-25-26(2)10-14/h4-7,9-11H,8H2,1-3H3. The van der Waals surface area contributed by atoms with Gasteiger partial charge < -0.3 is 4.74 Å². The van der Waals surface area contributed by atoms with Crippen molar-refractivity contribution in [1.29, 1.82) is 0 Å². The highest BCUT2D eigenvalue weighted by atomic mass is 35.5. The van der Waals surface area contributed by atoms with Gasteiger partial charge in [0.2, 0.25) is 0 Å². The molecule has 2 aromatic carbocycles. The number of ether oxygens (including phenoxy) is 1. The first-order valence-electron chi connectivity index (χ1n) is 8.90. The van der Waals surface area contributed by atoms with Crippen LogP contribution in [0.5, 0.6) is 5.75 Å². The van der Waals surface area contributed by atoms with Gasteiger partial charge in [0, 0.05) is 24.7 Å². The Bertz CT molecular complexity index is 1290. The number of hydrogen-bond donors (Lipinski definition) is 0. The predicted molar refractivity (Wildman–Crippen MR) is 115 cm³/mol. The first-order chi connectivity index (χ1) is 13.9. The van der Waals surface area contributed by atoms with Crippen LogP contribution in [0.15, 0.2) is 47.8 Å². The van der Waals surface area contributed by atoms with Gasteiger partial charge in [0.25, 0.3) is 5.56 Å². The molecule has 0 bridgehead atoms. The molecule has 0 atom stereocenters. The zero-order valence-electron chi connectivity index (χ0n) is 16.1. The van der Waals surface area contributed by atoms with E-state index in [1.54, 1.807) is 31.2 Å². The molecule has 0 unspecified atom stereocenters. The second-order valence-corrected chi connectivity index (χ2v) is 7.58. The molecule has 0 spiro atoms. The predicted octanol–water partition coefficient (Wildman–Crippen LogP) is 4.33. The number of methoxy groups -OCH3 is 1. The van der Waals surface area contributed by atoms with Crippen LogP contribution in [0.25, 0.3) is 16.6 Å². The second-order valence-electron chi connectivity index (χ2n) is 6.82. The van der Waals surface area contributed by atoms with Crippen LogP contribution in [0.3, 0.4) is 0 Å². The highest BCUT2D eigenvalue weighted by Gasteiger charge is 2.16. The van der Waals surface area contributed by atoms with E-state index in [1.165, 1.54) is 10.9 Å². The molecule has 0 fully saturated rings. The molecule has 0 N–H and O–H groups in total. The summed E-state index contributed by atoms with van der Waals surface area (Å²) in [5.41, 5.74) is 3.66. The van der Waals surface area contributed by atoms with E-state index in [2.05, 4.69) is 10.1 Å². The van der Waals surface area contributed by atoms with Gasteiger partial charge in [0.1, 0.15) is 12.1 Å². The molecule has 0 radical (unpaired) electrons. The maximum atomic E-state index is 13.0. The molecule has 6 nitrogen and oxygen atoms in total. The lowest BCUT2D eigenvalue weighted by Gasteiger charge is -2.14. The smallest absolute Gasteiger partial charge is 0.265 e. The summed E-state index contributed by atoms with van der Waals surface area (Å²) >= 11 is 13.0.